The second-order valence-corrected chi connectivity index (χ2v) is 4.76. The molecule has 3 N–H and O–H groups in total. The van der Waals surface area contributed by atoms with Crippen LogP contribution in [0.1, 0.15) is 17.5 Å². The third-order valence-electron chi connectivity index (χ3n) is 2.67. The zero-order valence-electron chi connectivity index (χ0n) is 9.04. The van der Waals surface area contributed by atoms with Crippen molar-refractivity contribution in [1.29, 1.82) is 0 Å². The van der Waals surface area contributed by atoms with Crippen LogP contribution in [0.5, 0.6) is 0 Å². The van der Waals surface area contributed by atoms with Gasteiger partial charge in [-0.05, 0) is 49.4 Å². The predicted molar refractivity (Wildman–Crippen MR) is 66.8 cm³/mol. The molecule has 1 aromatic rings. The van der Waals surface area contributed by atoms with Gasteiger partial charge in [0.15, 0.2) is 0 Å². The highest BCUT2D eigenvalue weighted by Crippen LogP contribution is 2.19. The molecule has 0 aromatic heterocycles. The number of halogens is 1. The Morgan fingerprint density at radius 2 is 2.20 bits per heavy atom. The molecule has 15 heavy (non-hydrogen) atoms. The summed E-state index contributed by atoms with van der Waals surface area (Å²) in [4.78, 5) is 0. The average molecular weight is 272 g/mol. The zero-order valence-corrected chi connectivity index (χ0v) is 10.6. The van der Waals surface area contributed by atoms with Crippen molar-refractivity contribution in [1.82, 2.24) is 0 Å². The third kappa shape index (κ3) is 3.93. The van der Waals surface area contributed by atoms with Gasteiger partial charge in [0.1, 0.15) is 0 Å². The molecule has 0 spiro atoms. The van der Waals surface area contributed by atoms with Gasteiger partial charge in [0, 0.05) is 11.1 Å². The van der Waals surface area contributed by atoms with Gasteiger partial charge in [-0.25, -0.2) is 0 Å². The molecule has 0 radical (unpaired) electrons. The Balaban J connectivity index is 2.54. The summed E-state index contributed by atoms with van der Waals surface area (Å²) in [5, 5.41) is 9.01. The molecule has 1 rings (SSSR count). The minimum Gasteiger partial charge on any atom is -0.396 e. The van der Waals surface area contributed by atoms with Gasteiger partial charge in [0.05, 0.1) is 0 Å². The first kappa shape index (κ1) is 12.7. The molecule has 0 saturated carbocycles. The maximum Gasteiger partial charge on any atom is 0.0471 e. The van der Waals surface area contributed by atoms with Crippen molar-refractivity contribution in [3.8, 4) is 0 Å². The lowest BCUT2D eigenvalue weighted by Crippen LogP contribution is -2.18. The lowest BCUT2D eigenvalue weighted by atomic mass is 10.00. The van der Waals surface area contributed by atoms with E-state index in [1.54, 1.807) is 0 Å². The van der Waals surface area contributed by atoms with Crippen LogP contribution in [0.25, 0.3) is 0 Å². The molecule has 0 aliphatic heterocycles. The Morgan fingerprint density at radius 1 is 1.47 bits per heavy atom. The molecule has 0 heterocycles. The molecule has 0 amide bonds. The van der Waals surface area contributed by atoms with Crippen LogP contribution in [-0.2, 0) is 6.42 Å². The summed E-state index contributed by atoms with van der Waals surface area (Å²) in [7, 11) is 0. The van der Waals surface area contributed by atoms with Crippen molar-refractivity contribution in [2.75, 3.05) is 13.2 Å². The van der Waals surface area contributed by atoms with E-state index in [-0.39, 0.29) is 12.5 Å². The van der Waals surface area contributed by atoms with Gasteiger partial charge < -0.3 is 10.8 Å². The van der Waals surface area contributed by atoms with Crippen molar-refractivity contribution in [3.05, 3.63) is 33.8 Å². The summed E-state index contributed by atoms with van der Waals surface area (Å²) in [5.41, 5.74) is 8.07. The lowest BCUT2D eigenvalue weighted by molar-refractivity contribution is 0.223. The van der Waals surface area contributed by atoms with E-state index >= 15 is 0 Å². The van der Waals surface area contributed by atoms with Crippen molar-refractivity contribution >= 4 is 15.9 Å². The van der Waals surface area contributed by atoms with Crippen LogP contribution in [0.2, 0.25) is 0 Å². The fraction of sp³-hybridized carbons (Fsp3) is 0.500. The van der Waals surface area contributed by atoms with Gasteiger partial charge in [0.2, 0.25) is 0 Å². The van der Waals surface area contributed by atoms with Gasteiger partial charge in [-0.1, -0.05) is 28.1 Å². The highest BCUT2D eigenvalue weighted by molar-refractivity contribution is 9.10. The van der Waals surface area contributed by atoms with E-state index < -0.39 is 0 Å². The number of nitrogens with two attached hydrogens (primary N) is 1. The van der Waals surface area contributed by atoms with Crippen LogP contribution in [0, 0.1) is 12.8 Å². The third-order valence-corrected chi connectivity index (χ3v) is 3.52. The molecular formula is C12H18BrNO. The highest BCUT2D eigenvalue weighted by Gasteiger charge is 2.05. The highest BCUT2D eigenvalue weighted by atomic mass is 79.9. The fourth-order valence-electron chi connectivity index (χ4n) is 1.45. The molecule has 1 unspecified atom stereocenters. The second-order valence-electron chi connectivity index (χ2n) is 3.91. The Hall–Kier alpha value is -0.380. The van der Waals surface area contributed by atoms with Crippen molar-refractivity contribution < 1.29 is 5.11 Å². The number of hydrogen-bond donors (Lipinski definition) is 2. The van der Waals surface area contributed by atoms with E-state index in [1.807, 2.05) is 0 Å². The normalized spacial score (nSPS) is 12.8. The van der Waals surface area contributed by atoms with Crippen LogP contribution in [0.15, 0.2) is 22.7 Å². The molecule has 0 aliphatic carbocycles. The first-order chi connectivity index (χ1) is 7.17. The maximum atomic E-state index is 9.01. The lowest BCUT2D eigenvalue weighted by Gasteiger charge is -2.11. The van der Waals surface area contributed by atoms with Crippen molar-refractivity contribution in [2.24, 2.45) is 11.7 Å². The summed E-state index contributed by atoms with van der Waals surface area (Å²) >= 11 is 3.51. The summed E-state index contributed by atoms with van der Waals surface area (Å²) in [6.07, 6.45) is 1.92. The van der Waals surface area contributed by atoms with E-state index in [9.17, 15) is 0 Å². The zero-order chi connectivity index (χ0) is 11.3. The molecule has 1 atom stereocenters. The van der Waals surface area contributed by atoms with Crippen LogP contribution >= 0.6 is 15.9 Å². The van der Waals surface area contributed by atoms with E-state index in [4.69, 9.17) is 10.8 Å². The quantitative estimate of drug-likeness (QED) is 0.863. The molecule has 0 saturated heterocycles. The first-order valence-corrected chi connectivity index (χ1v) is 6.02. The summed E-state index contributed by atoms with van der Waals surface area (Å²) < 4.78 is 1.15. The smallest absolute Gasteiger partial charge is 0.0471 e. The summed E-state index contributed by atoms with van der Waals surface area (Å²) in [6.45, 7) is 2.82. The predicted octanol–water partition coefficient (Wildman–Crippen LogP) is 2.26. The maximum absolute atomic E-state index is 9.01. The van der Waals surface area contributed by atoms with E-state index in [0.29, 0.717) is 6.54 Å². The fourth-order valence-corrected chi connectivity index (χ4v) is 1.87. The summed E-state index contributed by atoms with van der Waals surface area (Å²) in [6, 6.07) is 6.38. The number of benzene rings is 1. The molecule has 1 aromatic carbocycles. The second kappa shape index (κ2) is 6.26. The molecular weight excluding hydrogens is 254 g/mol. The van der Waals surface area contributed by atoms with Gasteiger partial charge in [0.25, 0.3) is 0 Å². The number of aliphatic hydroxyl groups is 1. The Morgan fingerprint density at radius 3 is 2.73 bits per heavy atom. The largest absolute Gasteiger partial charge is 0.396 e. The van der Waals surface area contributed by atoms with E-state index in [0.717, 1.165) is 17.3 Å². The van der Waals surface area contributed by atoms with Crippen molar-refractivity contribution in [3.63, 3.8) is 0 Å². The first-order valence-electron chi connectivity index (χ1n) is 5.23. The molecule has 2 nitrogen and oxygen atoms in total. The number of aryl methyl sites for hydroxylation is 2. The minimum atomic E-state index is 0.184. The topological polar surface area (TPSA) is 46.2 Å². The Bertz CT molecular complexity index is 310. The van der Waals surface area contributed by atoms with E-state index in [2.05, 4.69) is 41.1 Å². The number of rotatable bonds is 5. The minimum absolute atomic E-state index is 0.184. The summed E-state index contributed by atoms with van der Waals surface area (Å²) in [5.74, 6) is 0.227. The van der Waals surface area contributed by atoms with Crippen LogP contribution in [-0.4, -0.2) is 18.3 Å². The molecule has 0 aliphatic rings. The average Bonchev–Trinajstić information content (AvgIpc) is 2.24. The van der Waals surface area contributed by atoms with Gasteiger partial charge >= 0.3 is 0 Å². The number of hydrogen-bond acceptors (Lipinski definition) is 2. The molecule has 0 bridgehead atoms. The van der Waals surface area contributed by atoms with Crippen LogP contribution < -0.4 is 5.73 Å². The number of aliphatic hydroxyl groups excluding tert-OH is 1. The molecule has 0 fully saturated rings. The Kier molecular flexibility index (Phi) is 5.29. The standard InChI is InChI=1S/C12H18BrNO/c1-9-2-3-10(6-12(9)13)4-5-11(7-14)8-15/h2-3,6,11,15H,4-5,7-8,14H2,1H3. The van der Waals surface area contributed by atoms with Gasteiger partial charge in [-0.15, -0.1) is 0 Å². The van der Waals surface area contributed by atoms with E-state index in [1.165, 1.54) is 11.1 Å². The van der Waals surface area contributed by atoms with Crippen LogP contribution in [0.3, 0.4) is 0 Å². The van der Waals surface area contributed by atoms with Gasteiger partial charge in [-0.2, -0.15) is 0 Å². The van der Waals surface area contributed by atoms with Crippen LogP contribution in [0.4, 0.5) is 0 Å². The molecule has 84 valence electrons. The monoisotopic (exact) mass is 271 g/mol. The van der Waals surface area contributed by atoms with Crippen molar-refractivity contribution in [2.45, 2.75) is 19.8 Å². The SMILES string of the molecule is Cc1ccc(CCC(CN)CO)cc1Br. The molecule has 3 heteroatoms. The van der Waals surface area contributed by atoms with Gasteiger partial charge in [-0.3, -0.25) is 0 Å². The Labute approximate surface area is 99.6 Å².